The lowest BCUT2D eigenvalue weighted by Crippen LogP contribution is -2.37. The standard InChI is InChI=1S/C19H30Si3/c1-20(2,3)14-12-17-10-11-19(22(7,8)9)16-18(17)13-15-21(4,5)6/h10-11,16H,1-9H3. The molecule has 0 saturated heterocycles. The molecule has 0 saturated carbocycles. The quantitative estimate of drug-likeness (QED) is 0.513. The molecule has 0 nitrogen and oxygen atoms in total. The van der Waals surface area contributed by atoms with Gasteiger partial charge >= 0.3 is 0 Å². The third-order valence-electron chi connectivity index (χ3n) is 3.03. The molecule has 0 amide bonds. The van der Waals surface area contributed by atoms with Gasteiger partial charge in [0.1, 0.15) is 16.1 Å². The van der Waals surface area contributed by atoms with Gasteiger partial charge in [-0.3, -0.25) is 0 Å². The van der Waals surface area contributed by atoms with Crippen LogP contribution in [0.5, 0.6) is 0 Å². The summed E-state index contributed by atoms with van der Waals surface area (Å²) in [5, 5.41) is 1.46. The minimum Gasteiger partial charge on any atom is -0.127 e. The second kappa shape index (κ2) is 6.62. The molecule has 0 atom stereocenters. The molecule has 0 aliphatic carbocycles. The average molecular weight is 343 g/mol. The molecule has 0 N–H and O–H groups in total. The van der Waals surface area contributed by atoms with Crippen LogP contribution in [0.4, 0.5) is 0 Å². The van der Waals surface area contributed by atoms with Gasteiger partial charge in [0, 0.05) is 11.1 Å². The van der Waals surface area contributed by atoms with E-state index in [1.165, 1.54) is 5.19 Å². The Morgan fingerprint density at radius 2 is 1.09 bits per heavy atom. The lowest BCUT2D eigenvalue weighted by atomic mass is 10.1. The molecule has 0 spiro atoms. The van der Waals surface area contributed by atoms with Gasteiger partial charge in [-0.2, -0.15) is 0 Å². The molecule has 0 aliphatic rings. The first-order valence-corrected chi connectivity index (χ1v) is 18.5. The third kappa shape index (κ3) is 6.83. The highest BCUT2D eigenvalue weighted by Crippen LogP contribution is 2.11. The fourth-order valence-electron chi connectivity index (χ4n) is 1.73. The Morgan fingerprint density at radius 1 is 0.636 bits per heavy atom. The molecule has 0 aromatic heterocycles. The molecule has 0 bridgehead atoms. The fourth-order valence-corrected chi connectivity index (χ4v) is 3.91. The van der Waals surface area contributed by atoms with Crippen LogP contribution < -0.4 is 5.19 Å². The van der Waals surface area contributed by atoms with Gasteiger partial charge in [-0.05, 0) is 12.1 Å². The van der Waals surface area contributed by atoms with Gasteiger partial charge in [0.05, 0.1) is 8.07 Å². The minimum atomic E-state index is -1.38. The fraction of sp³-hybridized carbons (Fsp3) is 0.474. The summed E-state index contributed by atoms with van der Waals surface area (Å²) < 4.78 is 0. The molecule has 0 aliphatic heterocycles. The zero-order chi connectivity index (χ0) is 17.2. The Labute approximate surface area is 140 Å². The Kier molecular flexibility index (Phi) is 5.73. The summed E-state index contributed by atoms with van der Waals surface area (Å²) in [5.74, 6) is 6.86. The van der Waals surface area contributed by atoms with Gasteiger partial charge in [-0.1, -0.05) is 82.0 Å². The van der Waals surface area contributed by atoms with E-state index in [9.17, 15) is 0 Å². The highest BCUT2D eigenvalue weighted by Gasteiger charge is 2.17. The van der Waals surface area contributed by atoms with Crippen molar-refractivity contribution in [1.82, 2.24) is 0 Å². The van der Waals surface area contributed by atoms with Crippen molar-refractivity contribution in [1.29, 1.82) is 0 Å². The second-order valence-corrected chi connectivity index (χ2v) is 23.6. The maximum absolute atomic E-state index is 3.50. The van der Waals surface area contributed by atoms with Crippen molar-refractivity contribution in [3.8, 4) is 22.9 Å². The van der Waals surface area contributed by atoms with Crippen molar-refractivity contribution in [2.45, 2.75) is 58.9 Å². The summed E-state index contributed by atoms with van der Waals surface area (Å²) in [5.41, 5.74) is 9.22. The Bertz CT molecular complexity index is 658. The number of hydrogen-bond donors (Lipinski definition) is 0. The van der Waals surface area contributed by atoms with E-state index < -0.39 is 24.2 Å². The first-order chi connectivity index (χ1) is 9.78. The molecule has 1 aromatic carbocycles. The summed E-state index contributed by atoms with van der Waals surface area (Å²) in [6, 6.07) is 6.75. The van der Waals surface area contributed by atoms with Gasteiger partial charge in [-0.15, -0.1) is 11.1 Å². The zero-order valence-electron chi connectivity index (χ0n) is 15.7. The van der Waals surface area contributed by atoms with E-state index in [4.69, 9.17) is 0 Å². The SMILES string of the molecule is C[Si](C)(C)C#Cc1ccc([Si](C)(C)C)cc1C#C[Si](C)(C)C. The lowest BCUT2D eigenvalue weighted by molar-refractivity contribution is 1.59. The van der Waals surface area contributed by atoms with E-state index >= 15 is 0 Å². The van der Waals surface area contributed by atoms with E-state index in [1.54, 1.807) is 0 Å². The van der Waals surface area contributed by atoms with Crippen LogP contribution in [0.1, 0.15) is 11.1 Å². The maximum atomic E-state index is 3.50. The molecule has 22 heavy (non-hydrogen) atoms. The second-order valence-electron chi connectivity index (χ2n) is 9.01. The number of benzene rings is 1. The molecule has 3 heteroatoms. The predicted molar refractivity (Wildman–Crippen MR) is 110 cm³/mol. The van der Waals surface area contributed by atoms with Gasteiger partial charge in [0.25, 0.3) is 0 Å². The molecule has 0 heterocycles. The van der Waals surface area contributed by atoms with Gasteiger partial charge in [-0.25, -0.2) is 0 Å². The van der Waals surface area contributed by atoms with Crippen LogP contribution in [0, 0.1) is 22.9 Å². The smallest absolute Gasteiger partial charge is 0.127 e. The van der Waals surface area contributed by atoms with Crippen LogP contribution in [0.2, 0.25) is 58.9 Å². The van der Waals surface area contributed by atoms with E-state index in [-0.39, 0.29) is 0 Å². The lowest BCUT2D eigenvalue weighted by Gasteiger charge is -2.17. The van der Waals surface area contributed by atoms with Crippen molar-refractivity contribution < 1.29 is 0 Å². The monoisotopic (exact) mass is 342 g/mol. The largest absolute Gasteiger partial charge is 0.129 e. The molecule has 0 fully saturated rings. The molecule has 118 valence electrons. The van der Waals surface area contributed by atoms with Crippen molar-refractivity contribution in [2.75, 3.05) is 0 Å². The van der Waals surface area contributed by atoms with Crippen LogP contribution in [-0.4, -0.2) is 24.2 Å². The van der Waals surface area contributed by atoms with Crippen LogP contribution >= 0.6 is 0 Å². The van der Waals surface area contributed by atoms with E-state index in [1.807, 2.05) is 0 Å². The molecule has 0 radical (unpaired) electrons. The summed E-state index contributed by atoms with van der Waals surface area (Å²) in [7, 11) is -4.06. The highest BCUT2D eigenvalue weighted by atomic mass is 28.3. The normalized spacial score (nSPS) is 12.0. The van der Waals surface area contributed by atoms with E-state index in [0.29, 0.717) is 0 Å². The average Bonchev–Trinajstić information content (AvgIpc) is 2.31. The molecule has 0 unspecified atom stereocenters. The first-order valence-electron chi connectivity index (χ1n) is 7.99. The molecule has 1 aromatic rings. The summed E-state index contributed by atoms with van der Waals surface area (Å²) in [6.07, 6.45) is 0. The van der Waals surface area contributed by atoms with Crippen LogP contribution in [0.3, 0.4) is 0 Å². The summed E-state index contributed by atoms with van der Waals surface area (Å²) >= 11 is 0. The van der Waals surface area contributed by atoms with E-state index in [2.05, 4.69) is 100 Å². The van der Waals surface area contributed by atoms with Crippen LogP contribution in [0.25, 0.3) is 0 Å². The van der Waals surface area contributed by atoms with Gasteiger partial charge in [0.2, 0.25) is 0 Å². The Hall–Kier alpha value is -1.01. The third-order valence-corrected chi connectivity index (χ3v) is 6.82. The highest BCUT2D eigenvalue weighted by molar-refractivity contribution is 6.88. The molecular weight excluding hydrogens is 312 g/mol. The molecule has 1 rings (SSSR count). The Morgan fingerprint density at radius 3 is 1.50 bits per heavy atom. The maximum Gasteiger partial charge on any atom is 0.129 e. The van der Waals surface area contributed by atoms with Crippen molar-refractivity contribution in [3.05, 3.63) is 29.3 Å². The van der Waals surface area contributed by atoms with Crippen molar-refractivity contribution in [2.24, 2.45) is 0 Å². The zero-order valence-corrected chi connectivity index (χ0v) is 18.7. The topological polar surface area (TPSA) is 0 Å². The number of rotatable bonds is 1. The van der Waals surface area contributed by atoms with Gasteiger partial charge in [0.15, 0.2) is 0 Å². The summed E-state index contributed by atoms with van der Waals surface area (Å²) in [4.78, 5) is 0. The first kappa shape index (κ1) is 19.0. The molecular formula is C19H30Si3. The predicted octanol–water partition coefficient (Wildman–Crippen LogP) is 4.69. The van der Waals surface area contributed by atoms with Crippen LogP contribution in [0.15, 0.2) is 18.2 Å². The van der Waals surface area contributed by atoms with E-state index in [0.717, 1.165) is 11.1 Å². The number of hydrogen-bond acceptors (Lipinski definition) is 0. The Balaban J connectivity index is 3.43. The van der Waals surface area contributed by atoms with Gasteiger partial charge < -0.3 is 0 Å². The minimum absolute atomic E-state index is 1.11. The van der Waals surface area contributed by atoms with Crippen molar-refractivity contribution in [3.63, 3.8) is 0 Å². The van der Waals surface area contributed by atoms with Crippen LogP contribution in [-0.2, 0) is 0 Å². The summed E-state index contributed by atoms with van der Waals surface area (Å²) in [6.45, 7) is 20.8. The van der Waals surface area contributed by atoms with Crippen molar-refractivity contribution >= 4 is 29.4 Å².